The summed E-state index contributed by atoms with van der Waals surface area (Å²) < 4.78 is 26.1. The molecule has 0 unspecified atom stereocenters. The number of rotatable bonds is 7. The topological polar surface area (TPSA) is 57.7 Å². The third-order valence-corrected chi connectivity index (χ3v) is 7.58. The fraction of sp³-hybridized carbons (Fsp3) is 0.381. The smallest absolute Gasteiger partial charge is 0.228 e. The summed E-state index contributed by atoms with van der Waals surface area (Å²) in [5, 5.41) is -0.210. The van der Waals surface area contributed by atoms with Gasteiger partial charge >= 0.3 is 0 Å². The van der Waals surface area contributed by atoms with E-state index in [1.54, 1.807) is 0 Å². The number of benzene rings is 2. The summed E-state index contributed by atoms with van der Waals surface area (Å²) in [5.41, 5.74) is 2.15. The maximum Gasteiger partial charge on any atom is 0.228 e. The Morgan fingerprint density at radius 2 is 1.37 bits per heavy atom. The SMILES string of the molecule is O=C(C1CN(S(=O)(=O)C2CC2)C1)N(Cc1ccccc1)Cc1ccccc1. The quantitative estimate of drug-likeness (QED) is 0.737. The number of carbonyl (C=O) groups excluding carboxylic acids is 1. The molecule has 142 valence electrons. The summed E-state index contributed by atoms with van der Waals surface area (Å²) in [6.07, 6.45) is 1.51. The van der Waals surface area contributed by atoms with Crippen LogP contribution < -0.4 is 0 Å². The molecule has 0 N–H and O–H groups in total. The fourth-order valence-electron chi connectivity index (χ4n) is 3.46. The molecule has 6 heteroatoms. The number of carbonyl (C=O) groups is 1. The van der Waals surface area contributed by atoms with Crippen LogP contribution >= 0.6 is 0 Å². The molecule has 1 heterocycles. The molecule has 2 aromatic carbocycles. The molecule has 27 heavy (non-hydrogen) atoms. The molecule has 1 amide bonds. The molecule has 0 spiro atoms. The van der Waals surface area contributed by atoms with Gasteiger partial charge in [-0.1, -0.05) is 60.7 Å². The van der Waals surface area contributed by atoms with E-state index in [2.05, 4.69) is 0 Å². The first-order chi connectivity index (χ1) is 13.0. The Kier molecular flexibility index (Phi) is 5.02. The van der Waals surface area contributed by atoms with E-state index in [9.17, 15) is 13.2 Å². The summed E-state index contributed by atoms with van der Waals surface area (Å²) in [5.74, 6) is -0.212. The lowest BCUT2D eigenvalue weighted by atomic mass is 10.0. The first-order valence-corrected chi connectivity index (χ1v) is 10.9. The predicted octanol–water partition coefficient (Wildman–Crippen LogP) is 2.64. The van der Waals surface area contributed by atoms with Crippen LogP contribution in [0.4, 0.5) is 0 Å². The number of hydrogen-bond acceptors (Lipinski definition) is 3. The van der Waals surface area contributed by atoms with Gasteiger partial charge in [0.25, 0.3) is 0 Å². The highest BCUT2D eigenvalue weighted by molar-refractivity contribution is 7.90. The van der Waals surface area contributed by atoms with Crippen molar-refractivity contribution < 1.29 is 13.2 Å². The van der Waals surface area contributed by atoms with Crippen molar-refractivity contribution in [2.75, 3.05) is 13.1 Å². The zero-order valence-electron chi connectivity index (χ0n) is 15.2. The van der Waals surface area contributed by atoms with Crippen LogP contribution in [0.15, 0.2) is 60.7 Å². The second kappa shape index (κ2) is 7.44. The zero-order chi connectivity index (χ0) is 18.9. The lowest BCUT2D eigenvalue weighted by Gasteiger charge is -2.39. The molecule has 4 rings (SSSR count). The van der Waals surface area contributed by atoms with Crippen LogP contribution in [0, 0.1) is 5.92 Å². The normalized spacial score (nSPS) is 18.1. The molecular formula is C21H24N2O3S. The zero-order valence-corrected chi connectivity index (χ0v) is 16.0. The molecule has 0 radical (unpaired) electrons. The fourth-order valence-corrected chi connectivity index (χ4v) is 5.39. The maximum atomic E-state index is 13.1. The Morgan fingerprint density at radius 3 is 1.81 bits per heavy atom. The monoisotopic (exact) mass is 384 g/mol. The third kappa shape index (κ3) is 4.06. The van der Waals surface area contributed by atoms with E-state index in [4.69, 9.17) is 0 Å². The highest BCUT2D eigenvalue weighted by atomic mass is 32.2. The van der Waals surface area contributed by atoms with E-state index >= 15 is 0 Å². The lowest BCUT2D eigenvalue weighted by Crippen LogP contribution is -2.56. The van der Waals surface area contributed by atoms with E-state index in [-0.39, 0.29) is 17.1 Å². The van der Waals surface area contributed by atoms with Crippen molar-refractivity contribution in [2.45, 2.75) is 31.2 Å². The minimum atomic E-state index is -3.18. The predicted molar refractivity (Wildman–Crippen MR) is 104 cm³/mol. The molecule has 2 fully saturated rings. The van der Waals surface area contributed by atoms with Gasteiger partial charge in [0.05, 0.1) is 11.2 Å². The molecule has 0 bridgehead atoms. The van der Waals surface area contributed by atoms with Gasteiger partial charge in [0.1, 0.15) is 0 Å². The van der Waals surface area contributed by atoms with Crippen LogP contribution in [0.5, 0.6) is 0 Å². The molecule has 0 atom stereocenters. The van der Waals surface area contributed by atoms with Gasteiger partial charge in [0.2, 0.25) is 15.9 Å². The molecule has 1 aliphatic carbocycles. The van der Waals surface area contributed by atoms with Crippen molar-refractivity contribution >= 4 is 15.9 Å². The van der Waals surface area contributed by atoms with E-state index in [1.165, 1.54) is 4.31 Å². The van der Waals surface area contributed by atoms with Crippen molar-refractivity contribution in [3.63, 3.8) is 0 Å². The van der Waals surface area contributed by atoms with Crippen LogP contribution in [0.2, 0.25) is 0 Å². The summed E-state index contributed by atoms with van der Waals surface area (Å²) in [4.78, 5) is 14.9. The van der Waals surface area contributed by atoms with E-state index in [0.29, 0.717) is 26.2 Å². The van der Waals surface area contributed by atoms with Gasteiger partial charge in [-0.25, -0.2) is 8.42 Å². The van der Waals surface area contributed by atoms with Gasteiger partial charge in [0.15, 0.2) is 0 Å². The van der Waals surface area contributed by atoms with Crippen LogP contribution in [-0.2, 0) is 27.9 Å². The van der Waals surface area contributed by atoms with Gasteiger partial charge in [-0.05, 0) is 24.0 Å². The molecule has 2 aliphatic rings. The van der Waals surface area contributed by atoms with E-state index in [1.807, 2.05) is 65.6 Å². The minimum absolute atomic E-state index is 0.0324. The van der Waals surface area contributed by atoms with Crippen molar-refractivity contribution in [3.05, 3.63) is 71.8 Å². The Balaban J connectivity index is 1.45. The first-order valence-electron chi connectivity index (χ1n) is 9.39. The van der Waals surface area contributed by atoms with Crippen molar-refractivity contribution in [3.8, 4) is 0 Å². The Labute approximate surface area is 160 Å². The molecule has 5 nitrogen and oxygen atoms in total. The largest absolute Gasteiger partial charge is 0.334 e. The number of nitrogens with zero attached hydrogens (tertiary/aromatic N) is 2. The van der Waals surface area contributed by atoms with Gasteiger partial charge in [-0.15, -0.1) is 0 Å². The van der Waals surface area contributed by atoms with Gasteiger partial charge in [-0.3, -0.25) is 4.79 Å². The molecule has 1 saturated carbocycles. The summed E-state index contributed by atoms with van der Waals surface area (Å²) in [6, 6.07) is 19.8. The van der Waals surface area contributed by atoms with Crippen LogP contribution in [0.3, 0.4) is 0 Å². The Hall–Kier alpha value is -2.18. The van der Waals surface area contributed by atoms with Crippen LogP contribution in [-0.4, -0.2) is 41.9 Å². The van der Waals surface area contributed by atoms with E-state index in [0.717, 1.165) is 24.0 Å². The summed E-state index contributed by atoms with van der Waals surface area (Å²) >= 11 is 0. The maximum absolute atomic E-state index is 13.1. The second-order valence-electron chi connectivity index (χ2n) is 7.42. The van der Waals surface area contributed by atoms with Crippen LogP contribution in [0.1, 0.15) is 24.0 Å². The third-order valence-electron chi connectivity index (χ3n) is 5.25. The number of amides is 1. The standard InChI is InChI=1S/C21H24N2O3S/c24-21(19-15-23(16-19)27(25,26)20-11-12-20)22(13-17-7-3-1-4-8-17)14-18-9-5-2-6-10-18/h1-10,19-20H,11-16H2. The number of hydrogen-bond donors (Lipinski definition) is 0. The highest BCUT2D eigenvalue weighted by Gasteiger charge is 2.47. The van der Waals surface area contributed by atoms with E-state index < -0.39 is 10.0 Å². The van der Waals surface area contributed by atoms with Gasteiger partial charge in [0, 0.05) is 26.2 Å². The summed E-state index contributed by atoms with van der Waals surface area (Å²) in [7, 11) is -3.18. The minimum Gasteiger partial charge on any atom is -0.334 e. The summed E-state index contributed by atoms with van der Waals surface area (Å²) in [6.45, 7) is 1.69. The Bertz CT molecular complexity index is 848. The average molecular weight is 385 g/mol. The van der Waals surface area contributed by atoms with Gasteiger partial charge in [-0.2, -0.15) is 4.31 Å². The second-order valence-corrected chi connectivity index (χ2v) is 9.64. The molecule has 0 aromatic heterocycles. The van der Waals surface area contributed by atoms with Gasteiger partial charge < -0.3 is 4.90 Å². The molecule has 1 aliphatic heterocycles. The van der Waals surface area contributed by atoms with Crippen molar-refractivity contribution in [1.82, 2.24) is 9.21 Å². The number of sulfonamides is 1. The first kappa shape index (κ1) is 18.2. The highest BCUT2D eigenvalue weighted by Crippen LogP contribution is 2.35. The van der Waals surface area contributed by atoms with Crippen LogP contribution in [0.25, 0.3) is 0 Å². The van der Waals surface area contributed by atoms with Crippen molar-refractivity contribution in [2.24, 2.45) is 5.92 Å². The molecule has 1 saturated heterocycles. The molecule has 2 aromatic rings. The van der Waals surface area contributed by atoms with Crippen molar-refractivity contribution in [1.29, 1.82) is 0 Å². The average Bonchev–Trinajstić information content (AvgIpc) is 3.47. The molecular weight excluding hydrogens is 360 g/mol. The Morgan fingerprint density at radius 1 is 0.889 bits per heavy atom. The lowest BCUT2D eigenvalue weighted by molar-refractivity contribution is -0.140.